The van der Waals surface area contributed by atoms with Gasteiger partial charge in [0.1, 0.15) is 0 Å². The molecule has 0 aliphatic rings. The Balaban J connectivity index is 2.08. The Bertz CT molecular complexity index is 822. The molecule has 2 aromatic carbocycles. The quantitative estimate of drug-likeness (QED) is 0.420. The van der Waals surface area contributed by atoms with Gasteiger partial charge in [-0.15, -0.1) is 0 Å². The summed E-state index contributed by atoms with van der Waals surface area (Å²) >= 11 is 0. The van der Waals surface area contributed by atoms with Gasteiger partial charge in [0.15, 0.2) is 0 Å². The van der Waals surface area contributed by atoms with Crippen molar-refractivity contribution in [2.45, 2.75) is 40.0 Å². The second-order valence-corrected chi connectivity index (χ2v) is 7.19. The van der Waals surface area contributed by atoms with Crippen molar-refractivity contribution >= 4 is 11.3 Å². The van der Waals surface area contributed by atoms with E-state index >= 15 is 0 Å². The van der Waals surface area contributed by atoms with Gasteiger partial charge in [0.2, 0.25) is 0 Å². The maximum atomic E-state index is 4.14. The molecule has 0 radical (unpaired) electrons. The molecular weight excluding hydrogens is 338 g/mol. The van der Waals surface area contributed by atoms with Crippen molar-refractivity contribution in [2.75, 3.05) is 5.32 Å². The number of hydrogen-bond donors (Lipinski definition) is 1. The lowest BCUT2D eigenvalue weighted by Crippen LogP contribution is -2.06. The van der Waals surface area contributed by atoms with Crippen LogP contribution >= 0.6 is 0 Å². The largest absolute Gasteiger partial charge is 0.359 e. The highest BCUT2D eigenvalue weighted by Crippen LogP contribution is 2.23. The molecule has 0 spiro atoms. The Labute approximate surface area is 171 Å². The van der Waals surface area contributed by atoms with Gasteiger partial charge in [0.05, 0.1) is 0 Å². The number of rotatable bonds is 10. The predicted octanol–water partition coefficient (Wildman–Crippen LogP) is 7.81. The summed E-state index contributed by atoms with van der Waals surface area (Å²) in [6.07, 6.45) is 9.53. The number of nitrogens with one attached hydrogen (secondary N) is 1. The fraction of sp³-hybridized carbons (Fsp3) is 0.259. The minimum absolute atomic E-state index is 0.463. The van der Waals surface area contributed by atoms with Crippen LogP contribution in [0, 0.1) is 5.92 Å². The molecule has 28 heavy (non-hydrogen) atoms. The molecular formula is C27H33N. The maximum absolute atomic E-state index is 4.14. The predicted molar refractivity (Wildman–Crippen MR) is 125 cm³/mol. The summed E-state index contributed by atoms with van der Waals surface area (Å²) in [7, 11) is 0. The van der Waals surface area contributed by atoms with E-state index in [1.165, 1.54) is 16.7 Å². The van der Waals surface area contributed by atoms with Crippen LogP contribution in [0.15, 0.2) is 97.3 Å². The van der Waals surface area contributed by atoms with Crippen LogP contribution in [0.1, 0.15) is 44.7 Å². The molecule has 0 bridgehead atoms. The van der Waals surface area contributed by atoms with Gasteiger partial charge >= 0.3 is 0 Å². The van der Waals surface area contributed by atoms with Crippen molar-refractivity contribution in [3.8, 4) is 0 Å². The highest BCUT2D eigenvalue weighted by Gasteiger charge is 2.05. The molecule has 1 atom stereocenters. The van der Waals surface area contributed by atoms with Crippen LogP contribution in [0.2, 0.25) is 0 Å². The van der Waals surface area contributed by atoms with Crippen molar-refractivity contribution in [3.63, 3.8) is 0 Å². The number of allylic oxidation sites excluding steroid dienone is 6. The minimum atomic E-state index is 0.463. The van der Waals surface area contributed by atoms with Crippen LogP contribution in [-0.2, 0) is 6.42 Å². The van der Waals surface area contributed by atoms with Gasteiger partial charge in [-0.2, -0.15) is 0 Å². The topological polar surface area (TPSA) is 12.0 Å². The standard InChI is InChI=1S/C27H33N/c1-6-21(4)22(5)28-27-18-16-26(17-19-27)25(8-3)20-23(7-2)14-15-24-12-10-9-11-13-24/h7-13,16-21,28H,3,5-6,14-15H2,1-2,4H3/b23-7-,25-20+. The molecule has 1 nitrogen and oxygen atoms in total. The van der Waals surface area contributed by atoms with Gasteiger partial charge in [0.25, 0.3) is 0 Å². The number of aryl methyl sites for hydroxylation is 1. The van der Waals surface area contributed by atoms with Gasteiger partial charge in [-0.1, -0.05) is 93.3 Å². The Hall–Kier alpha value is -2.80. The second-order valence-electron chi connectivity index (χ2n) is 7.19. The van der Waals surface area contributed by atoms with Crippen molar-refractivity contribution < 1.29 is 0 Å². The Morgan fingerprint density at radius 1 is 1.07 bits per heavy atom. The van der Waals surface area contributed by atoms with E-state index in [0.717, 1.165) is 36.2 Å². The van der Waals surface area contributed by atoms with Crippen molar-refractivity contribution in [1.29, 1.82) is 0 Å². The van der Waals surface area contributed by atoms with Crippen molar-refractivity contribution in [1.82, 2.24) is 0 Å². The van der Waals surface area contributed by atoms with E-state index in [1.54, 1.807) is 0 Å². The number of hydrogen-bond acceptors (Lipinski definition) is 1. The molecule has 0 saturated heterocycles. The lowest BCUT2D eigenvalue weighted by molar-refractivity contribution is 0.662. The average Bonchev–Trinajstić information content (AvgIpc) is 2.74. The van der Waals surface area contributed by atoms with Gasteiger partial charge in [0, 0.05) is 11.4 Å². The van der Waals surface area contributed by atoms with E-state index < -0.39 is 0 Å². The van der Waals surface area contributed by atoms with E-state index in [4.69, 9.17) is 0 Å². The van der Waals surface area contributed by atoms with Gasteiger partial charge in [-0.3, -0.25) is 0 Å². The molecule has 2 rings (SSSR count). The Kier molecular flexibility index (Phi) is 8.55. The van der Waals surface area contributed by atoms with E-state index in [-0.39, 0.29) is 0 Å². The zero-order valence-corrected chi connectivity index (χ0v) is 17.5. The third-order valence-corrected chi connectivity index (χ3v) is 5.21. The van der Waals surface area contributed by atoms with Crippen LogP contribution in [0.5, 0.6) is 0 Å². The number of benzene rings is 2. The fourth-order valence-corrected chi connectivity index (χ4v) is 2.99. The summed E-state index contributed by atoms with van der Waals surface area (Å²) < 4.78 is 0. The summed E-state index contributed by atoms with van der Waals surface area (Å²) in [6.45, 7) is 14.6. The van der Waals surface area contributed by atoms with Crippen LogP contribution in [0.4, 0.5) is 5.69 Å². The molecule has 2 aromatic rings. The molecule has 0 aliphatic heterocycles. The summed E-state index contributed by atoms with van der Waals surface area (Å²) in [5.41, 5.74) is 7.15. The molecule has 0 amide bonds. The van der Waals surface area contributed by atoms with Gasteiger partial charge in [-0.25, -0.2) is 0 Å². The van der Waals surface area contributed by atoms with E-state index in [0.29, 0.717) is 5.92 Å². The molecule has 1 heteroatoms. The highest BCUT2D eigenvalue weighted by atomic mass is 14.9. The van der Waals surface area contributed by atoms with Crippen molar-refractivity contribution in [2.24, 2.45) is 5.92 Å². The summed E-state index contributed by atoms with van der Waals surface area (Å²) in [4.78, 5) is 0. The minimum Gasteiger partial charge on any atom is -0.359 e. The third kappa shape index (κ3) is 6.42. The van der Waals surface area contributed by atoms with Crippen LogP contribution in [0.25, 0.3) is 5.57 Å². The molecule has 1 unspecified atom stereocenters. The summed E-state index contributed by atoms with van der Waals surface area (Å²) in [5, 5.41) is 3.42. The molecule has 0 fully saturated rings. The first-order valence-electron chi connectivity index (χ1n) is 10.2. The summed E-state index contributed by atoms with van der Waals surface area (Å²) in [6, 6.07) is 19.1. The van der Waals surface area contributed by atoms with E-state index in [1.807, 2.05) is 6.08 Å². The molecule has 1 N–H and O–H groups in total. The molecule has 0 heterocycles. The second kappa shape index (κ2) is 11.1. The third-order valence-electron chi connectivity index (χ3n) is 5.21. The van der Waals surface area contributed by atoms with Crippen LogP contribution in [-0.4, -0.2) is 0 Å². The average molecular weight is 372 g/mol. The smallest absolute Gasteiger partial charge is 0.0382 e. The monoisotopic (exact) mass is 371 g/mol. The fourth-order valence-electron chi connectivity index (χ4n) is 2.99. The zero-order valence-electron chi connectivity index (χ0n) is 17.5. The normalized spacial score (nSPS) is 13.1. The first-order valence-corrected chi connectivity index (χ1v) is 10.2. The van der Waals surface area contributed by atoms with E-state index in [9.17, 15) is 0 Å². The molecule has 0 aliphatic carbocycles. The van der Waals surface area contributed by atoms with Crippen LogP contribution < -0.4 is 5.32 Å². The lowest BCUT2D eigenvalue weighted by Gasteiger charge is -2.15. The first-order chi connectivity index (χ1) is 13.6. The molecule has 0 saturated carbocycles. The lowest BCUT2D eigenvalue weighted by atomic mass is 9.98. The van der Waals surface area contributed by atoms with Crippen molar-refractivity contribution in [3.05, 3.63) is 108 Å². The summed E-state index contributed by atoms with van der Waals surface area (Å²) in [5.74, 6) is 0.463. The maximum Gasteiger partial charge on any atom is 0.0382 e. The Morgan fingerprint density at radius 2 is 1.75 bits per heavy atom. The van der Waals surface area contributed by atoms with Gasteiger partial charge in [-0.05, 0) is 60.9 Å². The zero-order chi connectivity index (χ0) is 20.4. The van der Waals surface area contributed by atoms with Crippen LogP contribution in [0.3, 0.4) is 0 Å². The molecule has 146 valence electrons. The first kappa shape index (κ1) is 21.5. The Morgan fingerprint density at radius 3 is 2.32 bits per heavy atom. The highest BCUT2D eigenvalue weighted by molar-refractivity contribution is 5.76. The van der Waals surface area contributed by atoms with Gasteiger partial charge < -0.3 is 5.32 Å². The van der Waals surface area contributed by atoms with E-state index in [2.05, 4.69) is 106 Å². The molecule has 0 aromatic heterocycles. The SMILES string of the molecule is C=C/C(=C\C(=C/C)CCc1ccccc1)c1ccc(NC(=C)C(C)CC)cc1. The number of anilines is 1.